The van der Waals surface area contributed by atoms with Crippen molar-refractivity contribution in [2.24, 2.45) is 0 Å². The van der Waals surface area contributed by atoms with Gasteiger partial charge in [0.2, 0.25) is 10.0 Å². The summed E-state index contributed by atoms with van der Waals surface area (Å²) in [5, 5.41) is 3.73. The average molecular weight is 416 g/mol. The number of ether oxygens (including phenoxy) is 2. The van der Waals surface area contributed by atoms with Crippen LogP contribution in [0.15, 0.2) is 9.42 Å². The van der Waals surface area contributed by atoms with Crippen LogP contribution in [0.25, 0.3) is 0 Å². The first-order valence-electron chi connectivity index (χ1n) is 9.75. The van der Waals surface area contributed by atoms with E-state index in [0.717, 1.165) is 25.9 Å². The number of nitrogens with zero attached hydrogens (tertiary/aromatic N) is 3. The van der Waals surface area contributed by atoms with Gasteiger partial charge in [-0.1, -0.05) is 5.16 Å². The van der Waals surface area contributed by atoms with Gasteiger partial charge in [-0.2, -0.15) is 4.31 Å². The molecule has 2 saturated heterocycles. The molecule has 1 aromatic heterocycles. The van der Waals surface area contributed by atoms with Crippen LogP contribution >= 0.6 is 0 Å². The summed E-state index contributed by atoms with van der Waals surface area (Å²) >= 11 is 0. The van der Waals surface area contributed by atoms with E-state index in [1.807, 2.05) is 0 Å². The van der Waals surface area contributed by atoms with E-state index in [0.29, 0.717) is 25.4 Å². The minimum absolute atomic E-state index is 0.0565. The van der Waals surface area contributed by atoms with Crippen LogP contribution < -0.4 is 0 Å². The van der Waals surface area contributed by atoms with Crippen LogP contribution in [0, 0.1) is 13.8 Å². The number of amides is 1. The molecular formula is C18H29N3O6S. The maximum atomic E-state index is 12.9. The number of hydrogen-bond donors (Lipinski definition) is 0. The van der Waals surface area contributed by atoms with Crippen LogP contribution in [-0.4, -0.2) is 80.3 Å². The van der Waals surface area contributed by atoms with E-state index in [1.165, 1.54) is 4.31 Å². The molecule has 2 fully saturated rings. The SMILES string of the molecule is Cc1noc(C)c1S(=O)(=O)N1CCN(C(=O)[C@H](C)OC[C@H]2CCCCO2)CC1. The van der Waals surface area contributed by atoms with E-state index in [-0.39, 0.29) is 35.8 Å². The van der Waals surface area contributed by atoms with E-state index in [1.54, 1.807) is 25.7 Å². The fraction of sp³-hybridized carbons (Fsp3) is 0.778. The summed E-state index contributed by atoms with van der Waals surface area (Å²) in [4.78, 5) is 14.4. The molecule has 0 bridgehead atoms. The summed E-state index contributed by atoms with van der Waals surface area (Å²) in [6, 6.07) is 0. The van der Waals surface area contributed by atoms with Crippen molar-refractivity contribution in [3.8, 4) is 0 Å². The van der Waals surface area contributed by atoms with E-state index in [2.05, 4.69) is 5.16 Å². The molecule has 28 heavy (non-hydrogen) atoms. The second-order valence-corrected chi connectivity index (χ2v) is 9.22. The summed E-state index contributed by atoms with van der Waals surface area (Å²) in [6.07, 6.45) is 2.64. The number of rotatable bonds is 6. The number of aromatic nitrogens is 1. The predicted molar refractivity (Wildman–Crippen MR) is 100 cm³/mol. The van der Waals surface area contributed by atoms with Crippen molar-refractivity contribution >= 4 is 15.9 Å². The number of hydrogen-bond acceptors (Lipinski definition) is 7. The summed E-state index contributed by atoms with van der Waals surface area (Å²) in [5.41, 5.74) is 0.350. The molecule has 10 heteroatoms. The molecule has 0 aliphatic carbocycles. The van der Waals surface area contributed by atoms with Crippen LogP contribution in [0.1, 0.15) is 37.6 Å². The maximum absolute atomic E-state index is 12.9. The van der Waals surface area contributed by atoms with Gasteiger partial charge in [0.05, 0.1) is 12.7 Å². The number of carbonyl (C=O) groups excluding carboxylic acids is 1. The quantitative estimate of drug-likeness (QED) is 0.685. The fourth-order valence-electron chi connectivity index (χ4n) is 3.64. The van der Waals surface area contributed by atoms with Crippen molar-refractivity contribution in [2.45, 2.75) is 57.1 Å². The Labute approximate surface area is 166 Å². The van der Waals surface area contributed by atoms with Gasteiger partial charge >= 0.3 is 0 Å². The largest absolute Gasteiger partial charge is 0.376 e. The van der Waals surface area contributed by atoms with Crippen molar-refractivity contribution in [3.05, 3.63) is 11.5 Å². The Morgan fingerprint density at radius 1 is 1.25 bits per heavy atom. The lowest BCUT2D eigenvalue weighted by molar-refractivity contribution is -0.147. The Bertz CT molecular complexity index is 760. The van der Waals surface area contributed by atoms with Gasteiger partial charge in [0, 0.05) is 32.8 Å². The van der Waals surface area contributed by atoms with Gasteiger partial charge in [0.25, 0.3) is 5.91 Å². The van der Waals surface area contributed by atoms with Crippen LogP contribution in [0.3, 0.4) is 0 Å². The van der Waals surface area contributed by atoms with Gasteiger partial charge in [-0.15, -0.1) is 0 Å². The van der Waals surface area contributed by atoms with Crippen molar-refractivity contribution in [3.63, 3.8) is 0 Å². The summed E-state index contributed by atoms with van der Waals surface area (Å²) in [6.45, 7) is 7.21. The Morgan fingerprint density at radius 2 is 1.96 bits per heavy atom. The maximum Gasteiger partial charge on any atom is 0.251 e. The van der Waals surface area contributed by atoms with Gasteiger partial charge in [-0.25, -0.2) is 8.42 Å². The predicted octanol–water partition coefficient (Wildman–Crippen LogP) is 1.10. The molecular weight excluding hydrogens is 386 g/mol. The molecule has 0 spiro atoms. The van der Waals surface area contributed by atoms with Crippen molar-refractivity contribution in [2.75, 3.05) is 39.4 Å². The number of piperazine rings is 1. The molecule has 2 atom stereocenters. The molecule has 2 aliphatic rings. The third-order valence-electron chi connectivity index (χ3n) is 5.27. The lowest BCUT2D eigenvalue weighted by Crippen LogP contribution is -2.53. The van der Waals surface area contributed by atoms with E-state index < -0.39 is 16.1 Å². The molecule has 158 valence electrons. The van der Waals surface area contributed by atoms with Crippen molar-refractivity contribution in [1.29, 1.82) is 0 Å². The molecule has 1 amide bonds. The van der Waals surface area contributed by atoms with Crippen LogP contribution in [-0.2, 0) is 24.3 Å². The van der Waals surface area contributed by atoms with Gasteiger partial charge in [-0.05, 0) is 40.0 Å². The monoisotopic (exact) mass is 415 g/mol. The Morgan fingerprint density at radius 3 is 2.54 bits per heavy atom. The zero-order valence-corrected chi connectivity index (χ0v) is 17.5. The van der Waals surface area contributed by atoms with Crippen LogP contribution in [0.4, 0.5) is 0 Å². The highest BCUT2D eigenvalue weighted by Crippen LogP contribution is 2.24. The van der Waals surface area contributed by atoms with Crippen LogP contribution in [0.2, 0.25) is 0 Å². The molecule has 3 heterocycles. The topological polar surface area (TPSA) is 102 Å². The zero-order valence-electron chi connectivity index (χ0n) is 16.7. The smallest absolute Gasteiger partial charge is 0.251 e. The molecule has 0 saturated carbocycles. The van der Waals surface area contributed by atoms with Gasteiger partial charge in [0.1, 0.15) is 16.7 Å². The second-order valence-electron chi connectivity index (χ2n) is 7.35. The molecule has 1 aromatic rings. The molecule has 0 unspecified atom stereocenters. The number of sulfonamides is 1. The first-order chi connectivity index (χ1) is 13.3. The normalized spacial score (nSPS) is 23.0. The van der Waals surface area contributed by atoms with E-state index in [4.69, 9.17) is 14.0 Å². The lowest BCUT2D eigenvalue weighted by atomic mass is 10.1. The van der Waals surface area contributed by atoms with E-state index >= 15 is 0 Å². The van der Waals surface area contributed by atoms with Crippen molar-refractivity contribution < 1.29 is 27.2 Å². The molecule has 0 N–H and O–H groups in total. The van der Waals surface area contributed by atoms with E-state index in [9.17, 15) is 13.2 Å². The zero-order chi connectivity index (χ0) is 20.3. The Hall–Kier alpha value is -1.49. The fourth-order valence-corrected chi connectivity index (χ4v) is 5.35. The standard InChI is InChI=1S/C18H29N3O6S/c1-13-17(14(2)27-19-13)28(23,24)21-9-7-20(8-10-21)18(22)15(3)26-12-16-6-4-5-11-25-16/h15-16H,4-12H2,1-3H3/t15-,16+/m0/s1. The molecule has 0 radical (unpaired) electrons. The Balaban J connectivity index is 1.52. The van der Waals surface area contributed by atoms with Gasteiger partial charge in [0.15, 0.2) is 5.76 Å². The lowest BCUT2D eigenvalue weighted by Gasteiger charge is -2.35. The average Bonchev–Trinajstić information content (AvgIpc) is 3.05. The highest BCUT2D eigenvalue weighted by molar-refractivity contribution is 7.89. The summed E-state index contributed by atoms with van der Waals surface area (Å²) in [5.74, 6) is 0.160. The number of carbonyl (C=O) groups is 1. The minimum Gasteiger partial charge on any atom is -0.376 e. The van der Waals surface area contributed by atoms with Gasteiger partial charge < -0.3 is 18.9 Å². The molecule has 2 aliphatic heterocycles. The van der Waals surface area contributed by atoms with Crippen molar-refractivity contribution in [1.82, 2.24) is 14.4 Å². The molecule has 0 aromatic carbocycles. The first-order valence-corrected chi connectivity index (χ1v) is 11.2. The molecule has 9 nitrogen and oxygen atoms in total. The third-order valence-corrected chi connectivity index (χ3v) is 7.41. The summed E-state index contributed by atoms with van der Waals surface area (Å²) in [7, 11) is -3.68. The first kappa shape index (κ1) is 21.2. The second kappa shape index (κ2) is 8.89. The van der Waals surface area contributed by atoms with Crippen LogP contribution in [0.5, 0.6) is 0 Å². The summed E-state index contributed by atoms with van der Waals surface area (Å²) < 4.78 is 43.4. The number of aryl methyl sites for hydroxylation is 2. The highest BCUT2D eigenvalue weighted by atomic mass is 32.2. The third kappa shape index (κ3) is 4.56. The Kier molecular flexibility index (Phi) is 6.74. The van der Waals surface area contributed by atoms with Gasteiger partial charge in [-0.3, -0.25) is 4.79 Å². The minimum atomic E-state index is -3.68. The highest BCUT2D eigenvalue weighted by Gasteiger charge is 2.35. The molecule has 3 rings (SSSR count).